The smallest absolute Gasteiger partial charge is 0.260 e. The van der Waals surface area contributed by atoms with Crippen LogP contribution >= 0.6 is 0 Å². The van der Waals surface area contributed by atoms with Crippen LogP contribution in [0, 0.1) is 6.92 Å². The van der Waals surface area contributed by atoms with Gasteiger partial charge in [0.2, 0.25) is 0 Å². The number of halogens is 2. The van der Waals surface area contributed by atoms with E-state index in [1.165, 1.54) is 14.2 Å². The summed E-state index contributed by atoms with van der Waals surface area (Å²) in [6, 6.07) is 3.26. The molecular formula is C13H17F2NO2. The van der Waals surface area contributed by atoms with Crippen LogP contribution in [0.4, 0.5) is 8.78 Å². The molecule has 0 heterocycles. The van der Waals surface area contributed by atoms with E-state index in [9.17, 15) is 8.78 Å². The first-order valence-electron chi connectivity index (χ1n) is 5.73. The van der Waals surface area contributed by atoms with Crippen molar-refractivity contribution in [2.45, 2.75) is 24.7 Å². The lowest BCUT2D eigenvalue weighted by Gasteiger charge is -2.18. The minimum absolute atomic E-state index is 0.0879. The van der Waals surface area contributed by atoms with Gasteiger partial charge >= 0.3 is 0 Å². The third-order valence-electron chi connectivity index (χ3n) is 3.75. The van der Waals surface area contributed by atoms with Gasteiger partial charge in [-0.25, -0.2) is 8.78 Å². The van der Waals surface area contributed by atoms with E-state index in [0.29, 0.717) is 17.1 Å². The summed E-state index contributed by atoms with van der Waals surface area (Å²) in [5, 5.41) is 0. The van der Waals surface area contributed by atoms with Crippen molar-refractivity contribution < 1.29 is 18.3 Å². The van der Waals surface area contributed by atoms with E-state index < -0.39 is 11.3 Å². The number of benzene rings is 1. The fraction of sp³-hybridized carbons (Fsp3) is 0.538. The molecule has 1 aliphatic rings. The summed E-state index contributed by atoms with van der Waals surface area (Å²) in [5.41, 5.74) is 5.55. The van der Waals surface area contributed by atoms with Gasteiger partial charge in [0.1, 0.15) is 11.5 Å². The van der Waals surface area contributed by atoms with Crippen molar-refractivity contribution in [3.8, 4) is 11.5 Å². The van der Waals surface area contributed by atoms with E-state index in [2.05, 4.69) is 0 Å². The Labute approximate surface area is 105 Å². The zero-order chi connectivity index (χ0) is 13.6. The van der Waals surface area contributed by atoms with Crippen LogP contribution in [0.2, 0.25) is 0 Å². The minimum Gasteiger partial charge on any atom is -0.496 e. The number of alkyl halides is 2. The van der Waals surface area contributed by atoms with Gasteiger partial charge in [0.15, 0.2) is 0 Å². The molecule has 18 heavy (non-hydrogen) atoms. The van der Waals surface area contributed by atoms with Gasteiger partial charge < -0.3 is 15.2 Å². The number of methoxy groups -OCH3 is 2. The van der Waals surface area contributed by atoms with E-state index in [1.54, 1.807) is 12.1 Å². The molecule has 1 fully saturated rings. The molecule has 1 aliphatic carbocycles. The van der Waals surface area contributed by atoms with Crippen LogP contribution in [0.1, 0.15) is 17.5 Å². The summed E-state index contributed by atoms with van der Waals surface area (Å²) in [7, 11) is 3.01. The normalized spacial score (nSPS) is 24.8. The molecule has 0 aromatic heterocycles. The van der Waals surface area contributed by atoms with Crippen molar-refractivity contribution in [2.24, 2.45) is 5.73 Å². The molecular weight excluding hydrogens is 240 g/mol. The maximum atomic E-state index is 13.5. The van der Waals surface area contributed by atoms with Crippen LogP contribution in [0.15, 0.2) is 12.1 Å². The first-order chi connectivity index (χ1) is 8.41. The molecule has 0 radical (unpaired) electrons. The fourth-order valence-electron chi connectivity index (χ4n) is 2.35. The number of hydrogen-bond donors (Lipinski definition) is 1. The molecule has 0 spiro atoms. The molecule has 2 rings (SSSR count). The topological polar surface area (TPSA) is 44.5 Å². The van der Waals surface area contributed by atoms with Crippen LogP contribution in [-0.4, -0.2) is 26.7 Å². The summed E-state index contributed by atoms with van der Waals surface area (Å²) >= 11 is 0. The number of rotatable bonds is 4. The third-order valence-corrected chi connectivity index (χ3v) is 3.75. The SMILES string of the molecule is COc1cc(C2(CN)CC2(F)F)cc(OC)c1C. The average Bonchev–Trinajstić information content (AvgIpc) is 2.93. The third kappa shape index (κ3) is 1.65. The van der Waals surface area contributed by atoms with Crippen LogP contribution in [0.25, 0.3) is 0 Å². The van der Waals surface area contributed by atoms with Gasteiger partial charge in [-0.1, -0.05) is 0 Å². The predicted molar refractivity (Wildman–Crippen MR) is 64.6 cm³/mol. The summed E-state index contributed by atoms with van der Waals surface area (Å²) < 4.78 is 37.5. The molecule has 2 N–H and O–H groups in total. The number of hydrogen-bond acceptors (Lipinski definition) is 3. The maximum absolute atomic E-state index is 13.5. The summed E-state index contributed by atoms with van der Waals surface area (Å²) in [6.45, 7) is 1.73. The van der Waals surface area contributed by atoms with Gasteiger partial charge in [-0.15, -0.1) is 0 Å². The highest BCUT2D eigenvalue weighted by molar-refractivity contribution is 5.52. The van der Waals surface area contributed by atoms with Gasteiger partial charge in [0.05, 0.1) is 19.6 Å². The van der Waals surface area contributed by atoms with E-state index in [0.717, 1.165) is 5.56 Å². The largest absolute Gasteiger partial charge is 0.496 e. The first kappa shape index (κ1) is 13.1. The number of ether oxygens (including phenoxy) is 2. The van der Waals surface area contributed by atoms with Gasteiger partial charge in [0.25, 0.3) is 5.92 Å². The molecule has 0 saturated heterocycles. The molecule has 1 aromatic carbocycles. The Morgan fingerprint density at radius 3 is 1.94 bits per heavy atom. The van der Waals surface area contributed by atoms with E-state index >= 15 is 0 Å². The van der Waals surface area contributed by atoms with Gasteiger partial charge in [-0.05, 0) is 24.6 Å². The first-order valence-corrected chi connectivity index (χ1v) is 5.73. The molecule has 1 saturated carbocycles. The molecule has 1 aromatic rings. The van der Waals surface area contributed by atoms with Crippen molar-refractivity contribution in [1.29, 1.82) is 0 Å². The van der Waals surface area contributed by atoms with Gasteiger partial charge in [0, 0.05) is 18.5 Å². The highest BCUT2D eigenvalue weighted by atomic mass is 19.3. The Bertz CT molecular complexity index is 451. The highest BCUT2D eigenvalue weighted by Crippen LogP contribution is 2.61. The van der Waals surface area contributed by atoms with Crippen LogP contribution in [0.5, 0.6) is 11.5 Å². The zero-order valence-corrected chi connectivity index (χ0v) is 10.7. The monoisotopic (exact) mass is 257 g/mol. The molecule has 0 bridgehead atoms. The van der Waals surface area contributed by atoms with Crippen molar-refractivity contribution in [1.82, 2.24) is 0 Å². The Morgan fingerprint density at radius 1 is 1.22 bits per heavy atom. The molecule has 3 nitrogen and oxygen atoms in total. The van der Waals surface area contributed by atoms with Crippen molar-refractivity contribution >= 4 is 0 Å². The second kappa shape index (κ2) is 4.09. The Kier molecular flexibility index (Phi) is 2.97. The Morgan fingerprint density at radius 2 is 1.67 bits per heavy atom. The van der Waals surface area contributed by atoms with E-state index in [1.807, 2.05) is 6.92 Å². The molecule has 0 aliphatic heterocycles. The molecule has 5 heteroatoms. The van der Waals surface area contributed by atoms with Crippen LogP contribution < -0.4 is 15.2 Å². The lowest BCUT2D eigenvalue weighted by molar-refractivity contribution is 0.0895. The maximum Gasteiger partial charge on any atom is 0.260 e. The van der Waals surface area contributed by atoms with Crippen LogP contribution in [-0.2, 0) is 5.41 Å². The average molecular weight is 257 g/mol. The Balaban J connectivity index is 2.53. The lowest BCUT2D eigenvalue weighted by Crippen LogP contribution is -2.27. The summed E-state index contributed by atoms with van der Waals surface area (Å²) in [5.74, 6) is -1.66. The predicted octanol–water partition coefficient (Wildman–Crippen LogP) is 2.25. The standard InChI is InChI=1S/C13H17F2NO2/c1-8-10(17-2)4-9(5-11(8)18-3)12(7-16)6-13(12,14)15/h4-5H,6-7,16H2,1-3H3. The minimum atomic E-state index is -2.74. The van der Waals surface area contributed by atoms with Crippen molar-refractivity contribution in [3.05, 3.63) is 23.3 Å². The molecule has 100 valence electrons. The van der Waals surface area contributed by atoms with E-state index in [-0.39, 0.29) is 13.0 Å². The summed E-state index contributed by atoms with van der Waals surface area (Å²) in [6.07, 6.45) is -0.216. The van der Waals surface area contributed by atoms with Crippen LogP contribution in [0.3, 0.4) is 0 Å². The van der Waals surface area contributed by atoms with Gasteiger partial charge in [-0.2, -0.15) is 0 Å². The highest BCUT2D eigenvalue weighted by Gasteiger charge is 2.71. The zero-order valence-electron chi connectivity index (χ0n) is 10.7. The fourth-order valence-corrected chi connectivity index (χ4v) is 2.35. The van der Waals surface area contributed by atoms with Crippen molar-refractivity contribution in [2.75, 3.05) is 20.8 Å². The van der Waals surface area contributed by atoms with Crippen molar-refractivity contribution in [3.63, 3.8) is 0 Å². The van der Waals surface area contributed by atoms with Gasteiger partial charge in [-0.3, -0.25) is 0 Å². The molecule has 1 unspecified atom stereocenters. The second-order valence-corrected chi connectivity index (χ2v) is 4.67. The second-order valence-electron chi connectivity index (χ2n) is 4.67. The molecule has 1 atom stereocenters. The summed E-state index contributed by atoms with van der Waals surface area (Å²) in [4.78, 5) is 0. The lowest BCUT2D eigenvalue weighted by atomic mass is 9.93. The van der Waals surface area contributed by atoms with E-state index in [4.69, 9.17) is 15.2 Å². The Hall–Kier alpha value is -1.36. The number of nitrogens with two attached hydrogens (primary N) is 1. The molecule has 0 amide bonds. The quantitative estimate of drug-likeness (QED) is 0.899.